The van der Waals surface area contributed by atoms with Crippen LogP contribution in [-0.2, 0) is 0 Å². The minimum atomic E-state index is 0.696. The summed E-state index contributed by atoms with van der Waals surface area (Å²) in [6.45, 7) is 10.6. The van der Waals surface area contributed by atoms with Crippen molar-refractivity contribution >= 4 is 15.9 Å². The molecule has 0 bridgehead atoms. The molecule has 0 aliphatic carbocycles. The SMILES string of the molecule is CC(CBr)CN1C[C@@H](C)N(C)[C@@H](C)C1. The second-order valence-corrected chi connectivity index (χ2v) is 5.49. The zero-order valence-electron chi connectivity index (χ0n) is 9.83. The summed E-state index contributed by atoms with van der Waals surface area (Å²) in [4.78, 5) is 5.08. The summed E-state index contributed by atoms with van der Waals surface area (Å²) in [6, 6.07) is 1.39. The fraction of sp³-hybridized carbons (Fsp3) is 1.00. The maximum Gasteiger partial charge on any atom is 0.0195 e. The summed E-state index contributed by atoms with van der Waals surface area (Å²) < 4.78 is 0. The molecule has 0 N–H and O–H groups in total. The van der Waals surface area contributed by atoms with Crippen molar-refractivity contribution in [3.8, 4) is 0 Å². The largest absolute Gasteiger partial charge is 0.300 e. The minimum absolute atomic E-state index is 0.696. The lowest BCUT2D eigenvalue weighted by Crippen LogP contribution is -2.55. The van der Waals surface area contributed by atoms with Crippen molar-refractivity contribution in [3.63, 3.8) is 0 Å². The highest BCUT2D eigenvalue weighted by atomic mass is 79.9. The normalized spacial score (nSPS) is 33.2. The van der Waals surface area contributed by atoms with Gasteiger partial charge in [-0.1, -0.05) is 22.9 Å². The molecule has 3 heteroatoms. The zero-order valence-corrected chi connectivity index (χ0v) is 11.4. The van der Waals surface area contributed by atoms with Gasteiger partial charge in [0, 0.05) is 37.0 Å². The lowest BCUT2D eigenvalue weighted by molar-refractivity contribution is 0.0540. The molecule has 1 aliphatic rings. The average Bonchev–Trinajstić information content (AvgIpc) is 2.14. The molecule has 0 saturated carbocycles. The van der Waals surface area contributed by atoms with E-state index < -0.39 is 0 Å². The average molecular weight is 263 g/mol. The smallest absolute Gasteiger partial charge is 0.0195 e. The Morgan fingerprint density at radius 2 is 1.79 bits per heavy atom. The third-order valence-electron chi connectivity index (χ3n) is 3.27. The quantitative estimate of drug-likeness (QED) is 0.719. The number of nitrogens with zero attached hydrogens (tertiary/aromatic N) is 2. The third kappa shape index (κ3) is 3.21. The monoisotopic (exact) mass is 262 g/mol. The molecule has 0 spiro atoms. The lowest BCUT2D eigenvalue weighted by atomic mass is 10.1. The highest BCUT2D eigenvalue weighted by Crippen LogP contribution is 2.15. The molecule has 1 heterocycles. The van der Waals surface area contributed by atoms with Gasteiger partial charge in [0.25, 0.3) is 0 Å². The molecule has 1 unspecified atom stereocenters. The van der Waals surface area contributed by atoms with Crippen molar-refractivity contribution in [2.45, 2.75) is 32.9 Å². The summed E-state index contributed by atoms with van der Waals surface area (Å²) >= 11 is 3.55. The maximum atomic E-state index is 3.55. The Kier molecular flexibility index (Phi) is 4.88. The van der Waals surface area contributed by atoms with Gasteiger partial charge in [-0.2, -0.15) is 0 Å². The van der Waals surface area contributed by atoms with Crippen LogP contribution in [0.25, 0.3) is 0 Å². The Morgan fingerprint density at radius 3 is 2.21 bits per heavy atom. The van der Waals surface area contributed by atoms with Crippen molar-refractivity contribution in [3.05, 3.63) is 0 Å². The highest BCUT2D eigenvalue weighted by Gasteiger charge is 2.26. The van der Waals surface area contributed by atoms with E-state index in [-0.39, 0.29) is 0 Å². The van der Waals surface area contributed by atoms with Crippen molar-refractivity contribution in [1.29, 1.82) is 0 Å². The summed E-state index contributed by atoms with van der Waals surface area (Å²) in [5, 5.41) is 1.11. The van der Waals surface area contributed by atoms with E-state index in [4.69, 9.17) is 0 Å². The predicted octanol–water partition coefficient (Wildman–Crippen LogP) is 2.04. The Labute approximate surface area is 96.8 Å². The molecule has 14 heavy (non-hydrogen) atoms. The molecule has 0 aromatic rings. The fourth-order valence-electron chi connectivity index (χ4n) is 2.15. The summed E-state index contributed by atoms with van der Waals surface area (Å²) in [7, 11) is 2.24. The highest BCUT2D eigenvalue weighted by molar-refractivity contribution is 9.09. The molecule has 1 saturated heterocycles. The molecule has 0 radical (unpaired) electrons. The zero-order chi connectivity index (χ0) is 10.7. The number of hydrogen-bond donors (Lipinski definition) is 0. The van der Waals surface area contributed by atoms with Crippen molar-refractivity contribution in [1.82, 2.24) is 9.80 Å². The fourth-order valence-corrected chi connectivity index (χ4v) is 2.36. The van der Waals surface area contributed by atoms with E-state index in [1.807, 2.05) is 0 Å². The molecular formula is C11H23BrN2. The standard InChI is InChI=1S/C11H23BrN2/c1-9(5-12)6-14-7-10(2)13(4)11(3)8-14/h9-11H,5-8H2,1-4H3/t9?,10-,11+. The van der Waals surface area contributed by atoms with Crippen LogP contribution in [0.5, 0.6) is 0 Å². The molecular weight excluding hydrogens is 240 g/mol. The second-order valence-electron chi connectivity index (χ2n) is 4.84. The van der Waals surface area contributed by atoms with Gasteiger partial charge in [0.1, 0.15) is 0 Å². The van der Waals surface area contributed by atoms with Crippen molar-refractivity contribution < 1.29 is 0 Å². The van der Waals surface area contributed by atoms with Crippen LogP contribution in [0.4, 0.5) is 0 Å². The number of likely N-dealkylation sites (N-methyl/N-ethyl adjacent to an activating group) is 1. The summed E-state index contributed by atoms with van der Waals surface area (Å²) in [5.41, 5.74) is 0. The lowest BCUT2D eigenvalue weighted by Gasteiger charge is -2.43. The topological polar surface area (TPSA) is 6.48 Å². The summed E-state index contributed by atoms with van der Waals surface area (Å²) in [5.74, 6) is 0.762. The first-order chi connectivity index (χ1) is 6.54. The maximum absolute atomic E-state index is 3.55. The number of piperazine rings is 1. The van der Waals surface area contributed by atoms with Crippen LogP contribution in [0.15, 0.2) is 0 Å². The Morgan fingerprint density at radius 1 is 1.29 bits per heavy atom. The van der Waals surface area contributed by atoms with Gasteiger partial charge in [-0.3, -0.25) is 9.80 Å². The van der Waals surface area contributed by atoms with Gasteiger partial charge in [-0.05, 0) is 26.8 Å². The van der Waals surface area contributed by atoms with E-state index in [0.29, 0.717) is 12.1 Å². The van der Waals surface area contributed by atoms with Crippen LogP contribution in [0, 0.1) is 5.92 Å². The first-order valence-corrected chi connectivity index (χ1v) is 6.67. The molecule has 0 amide bonds. The van der Waals surface area contributed by atoms with E-state index in [0.717, 1.165) is 11.2 Å². The second kappa shape index (κ2) is 5.47. The number of alkyl halides is 1. The summed E-state index contributed by atoms with van der Waals surface area (Å²) in [6.07, 6.45) is 0. The minimum Gasteiger partial charge on any atom is -0.300 e. The van der Waals surface area contributed by atoms with E-state index >= 15 is 0 Å². The molecule has 1 rings (SSSR count). The number of halogens is 1. The van der Waals surface area contributed by atoms with Gasteiger partial charge in [-0.25, -0.2) is 0 Å². The molecule has 2 nitrogen and oxygen atoms in total. The first kappa shape index (κ1) is 12.5. The van der Waals surface area contributed by atoms with Crippen LogP contribution in [0.3, 0.4) is 0 Å². The van der Waals surface area contributed by atoms with Crippen LogP contribution < -0.4 is 0 Å². The molecule has 1 fully saturated rings. The number of rotatable bonds is 3. The van der Waals surface area contributed by atoms with E-state index in [1.165, 1.54) is 19.6 Å². The van der Waals surface area contributed by atoms with Gasteiger partial charge in [0.05, 0.1) is 0 Å². The predicted molar refractivity (Wildman–Crippen MR) is 66.1 cm³/mol. The molecule has 0 aromatic heterocycles. The van der Waals surface area contributed by atoms with Crippen molar-refractivity contribution in [2.24, 2.45) is 5.92 Å². The molecule has 1 aliphatic heterocycles. The van der Waals surface area contributed by atoms with Gasteiger partial charge >= 0.3 is 0 Å². The van der Waals surface area contributed by atoms with Gasteiger partial charge in [0.15, 0.2) is 0 Å². The van der Waals surface area contributed by atoms with Gasteiger partial charge in [0.2, 0.25) is 0 Å². The van der Waals surface area contributed by atoms with Crippen LogP contribution >= 0.6 is 15.9 Å². The van der Waals surface area contributed by atoms with Crippen LogP contribution in [-0.4, -0.2) is 53.9 Å². The van der Waals surface area contributed by atoms with Crippen LogP contribution in [0.1, 0.15) is 20.8 Å². The Hall–Kier alpha value is 0.400. The van der Waals surface area contributed by atoms with Crippen molar-refractivity contribution in [2.75, 3.05) is 32.0 Å². The van der Waals surface area contributed by atoms with E-state index in [1.54, 1.807) is 0 Å². The Bertz CT molecular complexity index is 160. The molecule has 84 valence electrons. The number of hydrogen-bond acceptors (Lipinski definition) is 2. The third-order valence-corrected chi connectivity index (χ3v) is 4.37. The van der Waals surface area contributed by atoms with E-state index in [9.17, 15) is 0 Å². The van der Waals surface area contributed by atoms with Crippen LogP contribution in [0.2, 0.25) is 0 Å². The first-order valence-electron chi connectivity index (χ1n) is 5.54. The molecule has 3 atom stereocenters. The van der Waals surface area contributed by atoms with Gasteiger partial charge in [-0.15, -0.1) is 0 Å². The van der Waals surface area contributed by atoms with Gasteiger partial charge < -0.3 is 0 Å². The van der Waals surface area contributed by atoms with E-state index in [2.05, 4.69) is 53.5 Å². The molecule has 0 aromatic carbocycles. The Balaban J connectivity index is 2.41.